The van der Waals surface area contributed by atoms with Crippen molar-refractivity contribution in [2.75, 3.05) is 6.54 Å². The van der Waals surface area contributed by atoms with Gasteiger partial charge in [-0.05, 0) is 38.0 Å². The second-order valence-corrected chi connectivity index (χ2v) is 5.07. The highest BCUT2D eigenvalue weighted by Gasteiger charge is 2.07. The van der Waals surface area contributed by atoms with Gasteiger partial charge in [-0.2, -0.15) is 0 Å². The maximum atomic E-state index is 6.10. The van der Waals surface area contributed by atoms with E-state index in [0.29, 0.717) is 11.1 Å². The van der Waals surface area contributed by atoms with Crippen LogP contribution in [-0.4, -0.2) is 18.6 Å². The zero-order chi connectivity index (χ0) is 12.1. The number of nitrogens with one attached hydrogen (secondary N) is 1. The Morgan fingerprint density at radius 2 is 2.00 bits per heavy atom. The molecule has 0 bridgehead atoms. The Morgan fingerprint density at radius 3 is 2.56 bits per heavy atom. The molecule has 0 saturated heterocycles. The zero-order valence-corrected chi connectivity index (χ0v) is 11.1. The summed E-state index contributed by atoms with van der Waals surface area (Å²) < 4.78 is 0. The second-order valence-electron chi connectivity index (χ2n) is 4.23. The molecule has 1 rings (SSSR count). The second kappa shape index (κ2) is 6.45. The van der Waals surface area contributed by atoms with Crippen LogP contribution >= 0.6 is 23.2 Å². The number of nitrogens with two attached hydrogens (primary N) is 1. The van der Waals surface area contributed by atoms with Crippen LogP contribution in [0.4, 0.5) is 0 Å². The summed E-state index contributed by atoms with van der Waals surface area (Å²) in [6, 6.07) is 6.12. The molecular weight excluding hydrogens is 243 g/mol. The van der Waals surface area contributed by atoms with Crippen LogP contribution in [0.1, 0.15) is 19.4 Å². The van der Waals surface area contributed by atoms with E-state index < -0.39 is 0 Å². The summed E-state index contributed by atoms with van der Waals surface area (Å²) in [7, 11) is 0. The van der Waals surface area contributed by atoms with E-state index in [0.717, 1.165) is 23.6 Å². The summed E-state index contributed by atoms with van der Waals surface area (Å²) in [4.78, 5) is 0. The molecule has 0 aliphatic rings. The highest BCUT2D eigenvalue weighted by Crippen LogP contribution is 2.21. The van der Waals surface area contributed by atoms with E-state index in [1.54, 1.807) is 6.07 Å². The van der Waals surface area contributed by atoms with Crippen LogP contribution in [0, 0.1) is 0 Å². The van der Waals surface area contributed by atoms with E-state index >= 15 is 0 Å². The summed E-state index contributed by atoms with van der Waals surface area (Å²) >= 11 is 11.9. The first-order valence-electron chi connectivity index (χ1n) is 5.42. The van der Waals surface area contributed by atoms with Gasteiger partial charge in [-0.25, -0.2) is 0 Å². The lowest BCUT2D eigenvalue weighted by molar-refractivity contribution is 0.514. The van der Waals surface area contributed by atoms with Gasteiger partial charge >= 0.3 is 0 Å². The van der Waals surface area contributed by atoms with Crippen molar-refractivity contribution in [3.63, 3.8) is 0 Å². The smallest absolute Gasteiger partial charge is 0.0453 e. The third kappa shape index (κ3) is 4.71. The third-order valence-corrected chi connectivity index (χ3v) is 2.92. The number of benzene rings is 1. The van der Waals surface area contributed by atoms with Crippen LogP contribution in [-0.2, 0) is 6.42 Å². The third-order valence-electron chi connectivity index (χ3n) is 2.33. The van der Waals surface area contributed by atoms with Gasteiger partial charge in [-0.1, -0.05) is 29.3 Å². The summed E-state index contributed by atoms with van der Waals surface area (Å²) in [5.74, 6) is 0. The fourth-order valence-corrected chi connectivity index (χ4v) is 1.96. The van der Waals surface area contributed by atoms with Crippen LogP contribution in [0.15, 0.2) is 18.2 Å². The number of rotatable bonds is 5. The molecule has 2 atom stereocenters. The van der Waals surface area contributed by atoms with Crippen molar-refractivity contribution < 1.29 is 0 Å². The maximum absolute atomic E-state index is 6.10. The molecule has 4 heteroatoms. The monoisotopic (exact) mass is 260 g/mol. The predicted molar refractivity (Wildman–Crippen MR) is 71.3 cm³/mol. The molecule has 90 valence electrons. The summed E-state index contributed by atoms with van der Waals surface area (Å²) in [5.41, 5.74) is 6.79. The lowest BCUT2D eigenvalue weighted by Gasteiger charge is -2.16. The molecule has 0 fully saturated rings. The van der Waals surface area contributed by atoms with Gasteiger partial charge in [-0.15, -0.1) is 0 Å². The zero-order valence-electron chi connectivity index (χ0n) is 9.63. The minimum atomic E-state index is 0.170. The molecule has 0 amide bonds. The van der Waals surface area contributed by atoms with Gasteiger partial charge in [0.2, 0.25) is 0 Å². The summed E-state index contributed by atoms with van der Waals surface area (Å²) in [6.07, 6.45) is 0.878. The molecule has 0 saturated carbocycles. The Balaban J connectivity index is 2.52. The molecule has 1 aromatic rings. The van der Waals surface area contributed by atoms with Gasteiger partial charge < -0.3 is 11.1 Å². The van der Waals surface area contributed by atoms with Gasteiger partial charge in [0.05, 0.1) is 0 Å². The van der Waals surface area contributed by atoms with Crippen LogP contribution < -0.4 is 11.1 Å². The quantitative estimate of drug-likeness (QED) is 0.855. The highest BCUT2D eigenvalue weighted by molar-refractivity contribution is 6.35. The molecule has 1 aromatic carbocycles. The standard InChI is InChI=1S/C12H18Cl2N2/c1-8(15)7-16-9(2)5-10-3-4-11(13)6-12(10)14/h3-4,6,8-9,16H,5,7,15H2,1-2H3. The van der Waals surface area contributed by atoms with Crippen LogP contribution in [0.25, 0.3) is 0 Å². The SMILES string of the molecule is CC(N)CNC(C)Cc1ccc(Cl)cc1Cl. The van der Waals surface area contributed by atoms with Crippen molar-refractivity contribution in [3.05, 3.63) is 33.8 Å². The molecule has 0 aromatic heterocycles. The number of hydrogen-bond donors (Lipinski definition) is 2. The molecule has 0 spiro atoms. The first kappa shape index (κ1) is 13.8. The Bertz CT molecular complexity index is 340. The topological polar surface area (TPSA) is 38.0 Å². The van der Waals surface area contributed by atoms with Crippen LogP contribution in [0.5, 0.6) is 0 Å². The van der Waals surface area contributed by atoms with Crippen molar-refractivity contribution in [2.45, 2.75) is 32.4 Å². The normalized spacial score (nSPS) is 14.8. The molecule has 0 aliphatic heterocycles. The first-order valence-corrected chi connectivity index (χ1v) is 6.17. The molecular formula is C12H18Cl2N2. The average Bonchev–Trinajstić information content (AvgIpc) is 2.19. The lowest BCUT2D eigenvalue weighted by Crippen LogP contribution is -2.37. The fraction of sp³-hybridized carbons (Fsp3) is 0.500. The Morgan fingerprint density at radius 1 is 1.31 bits per heavy atom. The Kier molecular flexibility index (Phi) is 5.56. The molecule has 0 aliphatic carbocycles. The average molecular weight is 261 g/mol. The van der Waals surface area contributed by atoms with E-state index in [1.165, 1.54) is 0 Å². The largest absolute Gasteiger partial charge is 0.327 e. The number of hydrogen-bond acceptors (Lipinski definition) is 2. The lowest BCUT2D eigenvalue weighted by atomic mass is 10.1. The van der Waals surface area contributed by atoms with Gasteiger partial charge in [0.15, 0.2) is 0 Å². The van der Waals surface area contributed by atoms with Crippen molar-refractivity contribution in [1.82, 2.24) is 5.32 Å². The van der Waals surface area contributed by atoms with E-state index in [-0.39, 0.29) is 6.04 Å². The van der Waals surface area contributed by atoms with Gasteiger partial charge in [0, 0.05) is 28.7 Å². The molecule has 0 heterocycles. The maximum Gasteiger partial charge on any atom is 0.0453 e. The molecule has 2 unspecified atom stereocenters. The summed E-state index contributed by atoms with van der Waals surface area (Å²) in [6.45, 7) is 4.91. The van der Waals surface area contributed by atoms with Crippen LogP contribution in [0.2, 0.25) is 10.0 Å². The Labute approximate surface area is 107 Å². The molecule has 2 nitrogen and oxygen atoms in total. The minimum absolute atomic E-state index is 0.170. The fourth-order valence-electron chi connectivity index (χ4n) is 1.48. The highest BCUT2D eigenvalue weighted by atomic mass is 35.5. The Hall–Kier alpha value is -0.280. The van der Waals surface area contributed by atoms with Gasteiger partial charge in [0.1, 0.15) is 0 Å². The summed E-state index contributed by atoms with van der Waals surface area (Å²) in [5, 5.41) is 4.75. The van der Waals surface area contributed by atoms with Crippen molar-refractivity contribution in [3.8, 4) is 0 Å². The van der Waals surface area contributed by atoms with E-state index in [9.17, 15) is 0 Å². The number of halogens is 2. The van der Waals surface area contributed by atoms with Gasteiger partial charge in [-0.3, -0.25) is 0 Å². The first-order chi connectivity index (χ1) is 7.49. The van der Waals surface area contributed by atoms with Crippen molar-refractivity contribution in [1.29, 1.82) is 0 Å². The van der Waals surface area contributed by atoms with Gasteiger partial charge in [0.25, 0.3) is 0 Å². The van der Waals surface area contributed by atoms with E-state index in [4.69, 9.17) is 28.9 Å². The van der Waals surface area contributed by atoms with Crippen LogP contribution in [0.3, 0.4) is 0 Å². The van der Waals surface area contributed by atoms with Crippen molar-refractivity contribution in [2.24, 2.45) is 5.73 Å². The van der Waals surface area contributed by atoms with E-state index in [2.05, 4.69) is 12.2 Å². The molecule has 16 heavy (non-hydrogen) atoms. The van der Waals surface area contributed by atoms with E-state index in [1.807, 2.05) is 19.1 Å². The molecule has 3 N–H and O–H groups in total. The minimum Gasteiger partial charge on any atom is -0.327 e. The predicted octanol–water partition coefficient (Wildman–Crippen LogP) is 2.86. The van der Waals surface area contributed by atoms with Crippen molar-refractivity contribution >= 4 is 23.2 Å². The molecule has 0 radical (unpaired) electrons.